The van der Waals surface area contributed by atoms with Crippen LogP contribution in [0.5, 0.6) is 11.5 Å². The van der Waals surface area contributed by atoms with Crippen molar-refractivity contribution in [3.63, 3.8) is 0 Å². The molecule has 7 heteroatoms. The Balaban J connectivity index is 1.74. The summed E-state index contributed by atoms with van der Waals surface area (Å²) in [5.74, 6) is 1.03. The Kier molecular flexibility index (Phi) is 5.21. The van der Waals surface area contributed by atoms with E-state index >= 15 is 0 Å². The lowest BCUT2D eigenvalue weighted by molar-refractivity contribution is -0.111. The number of amides is 1. The van der Waals surface area contributed by atoms with Crippen LogP contribution in [0.15, 0.2) is 42.5 Å². The quantitative estimate of drug-likeness (QED) is 0.662. The fraction of sp³-hybridized carbons (Fsp3) is 0.111. The normalized spacial score (nSPS) is 11.0. The summed E-state index contributed by atoms with van der Waals surface area (Å²) < 4.78 is 11.4. The van der Waals surface area contributed by atoms with E-state index in [1.807, 2.05) is 18.2 Å². The van der Waals surface area contributed by atoms with Gasteiger partial charge >= 0.3 is 0 Å². The number of nitrogens with one attached hydrogen (secondary N) is 1. The van der Waals surface area contributed by atoms with Crippen molar-refractivity contribution in [3.05, 3.63) is 53.1 Å². The Labute approximate surface area is 153 Å². The van der Waals surface area contributed by atoms with E-state index in [9.17, 15) is 4.79 Å². The third-order valence-electron chi connectivity index (χ3n) is 3.44. The molecular weight excluding hydrogens is 360 g/mol. The van der Waals surface area contributed by atoms with Crippen molar-refractivity contribution in [1.82, 2.24) is 4.98 Å². The Morgan fingerprint density at radius 1 is 1.20 bits per heavy atom. The van der Waals surface area contributed by atoms with Crippen LogP contribution in [0.4, 0.5) is 5.13 Å². The lowest BCUT2D eigenvalue weighted by Crippen LogP contribution is -2.07. The van der Waals surface area contributed by atoms with Gasteiger partial charge in [0.05, 0.1) is 24.4 Å². The molecule has 2 aromatic carbocycles. The van der Waals surface area contributed by atoms with Gasteiger partial charge in [-0.2, -0.15) is 0 Å². The van der Waals surface area contributed by atoms with Gasteiger partial charge < -0.3 is 9.47 Å². The first-order valence-electron chi connectivity index (χ1n) is 7.36. The van der Waals surface area contributed by atoms with Crippen molar-refractivity contribution in [2.24, 2.45) is 0 Å². The fourth-order valence-electron chi connectivity index (χ4n) is 2.22. The van der Waals surface area contributed by atoms with Gasteiger partial charge in [0.2, 0.25) is 5.91 Å². The number of hydrogen-bond acceptors (Lipinski definition) is 5. The molecule has 0 saturated heterocycles. The van der Waals surface area contributed by atoms with Crippen molar-refractivity contribution in [1.29, 1.82) is 0 Å². The number of carbonyl (C=O) groups excluding carboxylic acids is 1. The van der Waals surface area contributed by atoms with Crippen LogP contribution in [0.1, 0.15) is 5.56 Å². The van der Waals surface area contributed by atoms with Gasteiger partial charge in [0.1, 0.15) is 11.5 Å². The molecule has 3 aromatic rings. The van der Waals surface area contributed by atoms with E-state index in [1.165, 1.54) is 17.4 Å². The Morgan fingerprint density at radius 2 is 2.04 bits per heavy atom. The largest absolute Gasteiger partial charge is 0.497 e. The second-order valence-electron chi connectivity index (χ2n) is 5.06. The Morgan fingerprint density at radius 3 is 2.80 bits per heavy atom. The Bertz CT molecular complexity index is 953. The summed E-state index contributed by atoms with van der Waals surface area (Å²) in [5, 5.41) is 3.92. The SMILES string of the molecule is COc1ccc(/C=C/C(=O)Nc2nc3ccc(Cl)cc3s2)c(OC)c1. The van der Waals surface area contributed by atoms with E-state index in [1.54, 1.807) is 38.5 Å². The second-order valence-corrected chi connectivity index (χ2v) is 6.53. The van der Waals surface area contributed by atoms with Gasteiger partial charge in [-0.3, -0.25) is 10.1 Å². The van der Waals surface area contributed by atoms with Gasteiger partial charge in [-0.25, -0.2) is 4.98 Å². The number of ether oxygens (including phenoxy) is 2. The zero-order valence-electron chi connectivity index (χ0n) is 13.6. The van der Waals surface area contributed by atoms with Crippen molar-refractivity contribution in [2.45, 2.75) is 0 Å². The minimum Gasteiger partial charge on any atom is -0.497 e. The summed E-state index contributed by atoms with van der Waals surface area (Å²) in [6, 6.07) is 10.8. The van der Waals surface area contributed by atoms with E-state index in [2.05, 4.69) is 10.3 Å². The maximum Gasteiger partial charge on any atom is 0.250 e. The molecule has 1 amide bonds. The maximum absolute atomic E-state index is 12.1. The highest BCUT2D eigenvalue weighted by molar-refractivity contribution is 7.22. The van der Waals surface area contributed by atoms with Gasteiger partial charge in [0.25, 0.3) is 0 Å². The molecule has 0 aliphatic carbocycles. The standard InChI is InChI=1S/C18H15ClN2O3S/c1-23-13-6-3-11(15(10-13)24-2)4-8-17(22)21-18-20-14-7-5-12(19)9-16(14)25-18/h3-10H,1-2H3,(H,20,21,22)/b8-4+. The molecule has 0 aliphatic rings. The number of benzene rings is 2. The van der Waals surface area contributed by atoms with E-state index in [4.69, 9.17) is 21.1 Å². The number of rotatable bonds is 5. The number of hydrogen-bond donors (Lipinski definition) is 1. The summed E-state index contributed by atoms with van der Waals surface area (Å²) in [4.78, 5) is 16.5. The summed E-state index contributed by atoms with van der Waals surface area (Å²) in [5.41, 5.74) is 1.57. The van der Waals surface area contributed by atoms with Crippen LogP contribution in [-0.2, 0) is 4.79 Å². The average Bonchev–Trinajstić information content (AvgIpc) is 3.00. The third-order valence-corrected chi connectivity index (χ3v) is 4.60. The van der Waals surface area contributed by atoms with Gasteiger partial charge in [-0.15, -0.1) is 0 Å². The highest BCUT2D eigenvalue weighted by atomic mass is 35.5. The molecule has 0 aliphatic heterocycles. The molecule has 0 bridgehead atoms. The summed E-state index contributed by atoms with van der Waals surface area (Å²) >= 11 is 7.33. The minimum absolute atomic E-state index is 0.275. The monoisotopic (exact) mass is 374 g/mol. The first kappa shape index (κ1) is 17.3. The molecule has 25 heavy (non-hydrogen) atoms. The van der Waals surface area contributed by atoms with Gasteiger partial charge in [0.15, 0.2) is 5.13 Å². The Hall–Kier alpha value is -2.57. The molecule has 3 rings (SSSR count). The minimum atomic E-state index is -0.275. The number of fused-ring (bicyclic) bond motifs is 1. The van der Waals surface area contributed by atoms with Crippen LogP contribution >= 0.6 is 22.9 Å². The third kappa shape index (κ3) is 4.10. The van der Waals surface area contributed by atoms with Crippen LogP contribution in [0.3, 0.4) is 0 Å². The highest BCUT2D eigenvalue weighted by Gasteiger charge is 2.07. The van der Waals surface area contributed by atoms with E-state index in [0.29, 0.717) is 21.7 Å². The average molecular weight is 375 g/mol. The van der Waals surface area contributed by atoms with Gasteiger partial charge in [-0.1, -0.05) is 22.9 Å². The topological polar surface area (TPSA) is 60.5 Å². The molecule has 1 aromatic heterocycles. The van der Waals surface area contributed by atoms with Crippen LogP contribution in [0.2, 0.25) is 5.02 Å². The van der Waals surface area contributed by atoms with Crippen molar-refractivity contribution >= 4 is 50.3 Å². The summed E-state index contributed by atoms with van der Waals surface area (Å²) in [7, 11) is 3.15. The molecule has 0 radical (unpaired) electrons. The molecule has 1 N–H and O–H groups in total. The molecule has 5 nitrogen and oxygen atoms in total. The van der Waals surface area contributed by atoms with E-state index in [0.717, 1.165) is 15.8 Å². The van der Waals surface area contributed by atoms with Crippen LogP contribution in [0.25, 0.3) is 16.3 Å². The smallest absolute Gasteiger partial charge is 0.250 e. The number of thiazole rings is 1. The van der Waals surface area contributed by atoms with Crippen LogP contribution in [0, 0.1) is 0 Å². The highest BCUT2D eigenvalue weighted by Crippen LogP contribution is 2.28. The number of anilines is 1. The van der Waals surface area contributed by atoms with Gasteiger partial charge in [0, 0.05) is 22.7 Å². The van der Waals surface area contributed by atoms with Crippen LogP contribution in [-0.4, -0.2) is 25.1 Å². The molecular formula is C18H15ClN2O3S. The van der Waals surface area contributed by atoms with E-state index < -0.39 is 0 Å². The lowest BCUT2D eigenvalue weighted by Gasteiger charge is -2.07. The molecule has 0 fully saturated rings. The zero-order chi connectivity index (χ0) is 17.8. The second kappa shape index (κ2) is 7.55. The number of nitrogens with zero attached hydrogens (tertiary/aromatic N) is 1. The predicted octanol–water partition coefficient (Wildman–Crippen LogP) is 4.62. The first-order chi connectivity index (χ1) is 12.1. The molecule has 1 heterocycles. The van der Waals surface area contributed by atoms with Crippen molar-refractivity contribution in [3.8, 4) is 11.5 Å². The molecule has 0 spiro atoms. The van der Waals surface area contributed by atoms with Gasteiger partial charge in [-0.05, 0) is 36.4 Å². The van der Waals surface area contributed by atoms with Crippen molar-refractivity contribution < 1.29 is 14.3 Å². The number of halogens is 1. The van der Waals surface area contributed by atoms with Crippen molar-refractivity contribution in [2.75, 3.05) is 19.5 Å². The molecule has 128 valence electrons. The predicted molar refractivity (Wildman–Crippen MR) is 102 cm³/mol. The summed E-state index contributed by atoms with van der Waals surface area (Å²) in [6.45, 7) is 0. The number of carbonyl (C=O) groups is 1. The molecule has 0 atom stereocenters. The lowest BCUT2D eigenvalue weighted by atomic mass is 10.1. The summed E-state index contributed by atoms with van der Waals surface area (Å²) in [6.07, 6.45) is 3.11. The van der Waals surface area contributed by atoms with E-state index in [-0.39, 0.29) is 5.91 Å². The fourth-order valence-corrected chi connectivity index (χ4v) is 3.37. The maximum atomic E-state index is 12.1. The van der Waals surface area contributed by atoms with Crippen LogP contribution < -0.4 is 14.8 Å². The molecule has 0 unspecified atom stereocenters. The number of aromatic nitrogens is 1. The molecule has 0 saturated carbocycles. The number of methoxy groups -OCH3 is 2. The first-order valence-corrected chi connectivity index (χ1v) is 8.55. The zero-order valence-corrected chi connectivity index (χ0v) is 15.1.